The molecule has 1 heterocycles. The maximum absolute atomic E-state index is 12.1. The second-order valence-corrected chi connectivity index (χ2v) is 5.48. The lowest BCUT2D eigenvalue weighted by Gasteiger charge is -2.32. The summed E-state index contributed by atoms with van der Waals surface area (Å²) in [6, 6.07) is 6.32. The van der Waals surface area contributed by atoms with Crippen molar-refractivity contribution in [3.8, 4) is 0 Å². The van der Waals surface area contributed by atoms with Gasteiger partial charge in [-0.05, 0) is 31.3 Å². The Morgan fingerprint density at radius 3 is 2.26 bits per heavy atom. The summed E-state index contributed by atoms with van der Waals surface area (Å²) in [6.45, 7) is 2.94. The molecule has 0 aromatic heterocycles. The minimum absolute atomic E-state index is 0.165. The molecule has 124 valence electrons. The number of carbonyl (C=O) groups excluding carboxylic acids is 3. The number of likely N-dealkylation sites (N-methyl/N-ethyl adjacent to an activating group) is 1. The maximum Gasteiger partial charge on any atom is 0.337 e. The van der Waals surface area contributed by atoms with Crippen LogP contribution in [0.25, 0.3) is 0 Å². The van der Waals surface area contributed by atoms with Gasteiger partial charge >= 0.3 is 5.97 Å². The van der Waals surface area contributed by atoms with Gasteiger partial charge in [-0.3, -0.25) is 9.59 Å². The standard InChI is InChI=1S/C16H21N3O4/c1-18-7-9-19(10-8-18)15(21)11-14(20)17-13-5-3-12(4-6-13)16(22)23-2/h3-6H,7-11H2,1-2H3,(H,17,20). The number of benzene rings is 1. The SMILES string of the molecule is COC(=O)c1ccc(NC(=O)CC(=O)N2CCN(C)CC2)cc1. The lowest BCUT2D eigenvalue weighted by molar-refractivity contribution is -0.135. The van der Waals surface area contributed by atoms with Gasteiger partial charge in [-0.15, -0.1) is 0 Å². The van der Waals surface area contributed by atoms with Crippen LogP contribution in [0.2, 0.25) is 0 Å². The van der Waals surface area contributed by atoms with Gasteiger partial charge in [0.2, 0.25) is 11.8 Å². The van der Waals surface area contributed by atoms with E-state index in [9.17, 15) is 14.4 Å². The Morgan fingerprint density at radius 1 is 1.09 bits per heavy atom. The fraction of sp³-hybridized carbons (Fsp3) is 0.438. The monoisotopic (exact) mass is 319 g/mol. The summed E-state index contributed by atoms with van der Waals surface area (Å²) < 4.78 is 4.60. The van der Waals surface area contributed by atoms with Crippen LogP contribution in [0.3, 0.4) is 0 Å². The molecule has 23 heavy (non-hydrogen) atoms. The van der Waals surface area contributed by atoms with Crippen molar-refractivity contribution < 1.29 is 19.1 Å². The van der Waals surface area contributed by atoms with Crippen LogP contribution in [0.15, 0.2) is 24.3 Å². The highest BCUT2D eigenvalue weighted by molar-refractivity contribution is 6.03. The zero-order chi connectivity index (χ0) is 16.8. The molecule has 0 unspecified atom stereocenters. The molecular weight excluding hydrogens is 298 g/mol. The van der Waals surface area contributed by atoms with Crippen LogP contribution in [-0.4, -0.2) is 67.9 Å². The summed E-state index contributed by atoms with van der Waals surface area (Å²) in [6.07, 6.45) is -0.178. The molecule has 1 aromatic rings. The quantitative estimate of drug-likeness (QED) is 0.648. The van der Waals surface area contributed by atoms with Gasteiger partial charge in [0.05, 0.1) is 12.7 Å². The largest absolute Gasteiger partial charge is 0.465 e. The van der Waals surface area contributed by atoms with Crippen LogP contribution in [-0.2, 0) is 14.3 Å². The molecule has 1 N–H and O–H groups in total. The molecule has 1 aliphatic rings. The fourth-order valence-electron chi connectivity index (χ4n) is 2.32. The van der Waals surface area contributed by atoms with E-state index in [0.29, 0.717) is 24.3 Å². The van der Waals surface area contributed by atoms with Crippen molar-refractivity contribution in [3.05, 3.63) is 29.8 Å². The molecule has 1 aliphatic heterocycles. The number of methoxy groups -OCH3 is 1. The predicted octanol–water partition coefficient (Wildman–Crippen LogP) is 0.576. The van der Waals surface area contributed by atoms with Gasteiger partial charge in [0.25, 0.3) is 0 Å². The molecular formula is C16H21N3O4. The van der Waals surface area contributed by atoms with E-state index in [0.717, 1.165) is 13.1 Å². The first-order chi connectivity index (χ1) is 11.0. The first-order valence-corrected chi connectivity index (χ1v) is 7.44. The highest BCUT2D eigenvalue weighted by Crippen LogP contribution is 2.11. The van der Waals surface area contributed by atoms with Crippen LogP contribution in [0.4, 0.5) is 5.69 Å². The van der Waals surface area contributed by atoms with Crippen molar-refractivity contribution in [3.63, 3.8) is 0 Å². The van der Waals surface area contributed by atoms with Crippen LogP contribution in [0.5, 0.6) is 0 Å². The molecule has 2 rings (SSSR count). The van der Waals surface area contributed by atoms with E-state index >= 15 is 0 Å². The summed E-state index contributed by atoms with van der Waals surface area (Å²) in [5, 5.41) is 2.66. The van der Waals surface area contributed by atoms with E-state index < -0.39 is 5.97 Å². The van der Waals surface area contributed by atoms with Crippen LogP contribution in [0, 0.1) is 0 Å². The normalized spacial score (nSPS) is 15.1. The Labute approximate surface area is 135 Å². The molecule has 7 nitrogen and oxygen atoms in total. The lowest BCUT2D eigenvalue weighted by Crippen LogP contribution is -2.47. The van der Waals surface area contributed by atoms with Gasteiger partial charge in [0.15, 0.2) is 0 Å². The number of esters is 1. The number of nitrogens with zero attached hydrogens (tertiary/aromatic N) is 2. The van der Waals surface area contributed by atoms with Crippen molar-refractivity contribution in [1.82, 2.24) is 9.80 Å². The van der Waals surface area contributed by atoms with Crippen LogP contribution < -0.4 is 5.32 Å². The van der Waals surface area contributed by atoms with Gasteiger partial charge < -0.3 is 19.9 Å². The Balaban J connectivity index is 1.84. The number of rotatable bonds is 4. The van der Waals surface area contributed by atoms with Crippen molar-refractivity contribution in [1.29, 1.82) is 0 Å². The topological polar surface area (TPSA) is 78.9 Å². The number of amides is 2. The maximum atomic E-state index is 12.1. The second-order valence-electron chi connectivity index (χ2n) is 5.48. The Morgan fingerprint density at radius 2 is 1.70 bits per heavy atom. The van der Waals surface area contributed by atoms with Gasteiger partial charge in [-0.25, -0.2) is 4.79 Å². The van der Waals surface area contributed by atoms with Crippen LogP contribution >= 0.6 is 0 Å². The molecule has 0 aliphatic carbocycles. The highest BCUT2D eigenvalue weighted by atomic mass is 16.5. The van der Waals surface area contributed by atoms with Gasteiger partial charge in [-0.2, -0.15) is 0 Å². The first kappa shape index (κ1) is 17.0. The molecule has 1 aromatic carbocycles. The van der Waals surface area contributed by atoms with Crippen molar-refractivity contribution in [2.24, 2.45) is 0 Å². The molecule has 0 bridgehead atoms. The van der Waals surface area contributed by atoms with E-state index in [1.54, 1.807) is 29.2 Å². The molecule has 2 amide bonds. The van der Waals surface area contributed by atoms with Gasteiger partial charge in [0.1, 0.15) is 6.42 Å². The number of ether oxygens (including phenoxy) is 1. The average molecular weight is 319 g/mol. The molecule has 1 saturated heterocycles. The number of anilines is 1. The summed E-state index contributed by atoms with van der Waals surface area (Å²) in [7, 11) is 3.31. The third kappa shape index (κ3) is 4.79. The Bertz CT molecular complexity index is 577. The zero-order valence-electron chi connectivity index (χ0n) is 13.4. The lowest BCUT2D eigenvalue weighted by atomic mass is 10.2. The smallest absolute Gasteiger partial charge is 0.337 e. The minimum Gasteiger partial charge on any atom is -0.465 e. The number of hydrogen-bond donors (Lipinski definition) is 1. The number of carbonyl (C=O) groups is 3. The fourth-order valence-corrected chi connectivity index (χ4v) is 2.32. The second kappa shape index (κ2) is 7.73. The molecule has 0 radical (unpaired) electrons. The van der Waals surface area contributed by atoms with Crippen molar-refractivity contribution >= 4 is 23.5 Å². The Hall–Kier alpha value is -2.41. The number of nitrogens with one attached hydrogen (secondary N) is 1. The summed E-state index contributed by atoms with van der Waals surface area (Å²) in [5.41, 5.74) is 0.938. The number of piperazine rings is 1. The molecule has 7 heteroatoms. The van der Waals surface area contributed by atoms with E-state index in [1.165, 1.54) is 7.11 Å². The van der Waals surface area contributed by atoms with E-state index in [4.69, 9.17) is 0 Å². The zero-order valence-corrected chi connectivity index (χ0v) is 13.4. The first-order valence-electron chi connectivity index (χ1n) is 7.44. The summed E-state index contributed by atoms with van der Waals surface area (Å²) in [4.78, 5) is 39.2. The van der Waals surface area contributed by atoms with E-state index in [-0.39, 0.29) is 18.2 Å². The van der Waals surface area contributed by atoms with E-state index in [2.05, 4.69) is 15.0 Å². The minimum atomic E-state index is -0.437. The molecule has 0 saturated carbocycles. The number of hydrogen-bond acceptors (Lipinski definition) is 5. The third-order valence-electron chi connectivity index (χ3n) is 3.76. The molecule has 0 atom stereocenters. The average Bonchev–Trinajstić information content (AvgIpc) is 2.55. The predicted molar refractivity (Wildman–Crippen MR) is 85.1 cm³/mol. The van der Waals surface area contributed by atoms with Crippen LogP contribution in [0.1, 0.15) is 16.8 Å². The highest BCUT2D eigenvalue weighted by Gasteiger charge is 2.21. The van der Waals surface area contributed by atoms with Crippen molar-refractivity contribution in [2.45, 2.75) is 6.42 Å². The third-order valence-corrected chi connectivity index (χ3v) is 3.76. The van der Waals surface area contributed by atoms with Gasteiger partial charge in [0, 0.05) is 31.9 Å². The summed E-state index contributed by atoms with van der Waals surface area (Å²) >= 11 is 0. The summed E-state index contributed by atoms with van der Waals surface area (Å²) in [5.74, 6) is -0.963. The van der Waals surface area contributed by atoms with E-state index in [1.807, 2.05) is 7.05 Å². The van der Waals surface area contributed by atoms with Gasteiger partial charge in [-0.1, -0.05) is 0 Å². The molecule has 0 spiro atoms. The molecule has 1 fully saturated rings. The Kier molecular flexibility index (Phi) is 5.70. The van der Waals surface area contributed by atoms with Crippen molar-refractivity contribution in [2.75, 3.05) is 45.7 Å².